The van der Waals surface area contributed by atoms with Crippen molar-refractivity contribution in [3.63, 3.8) is 0 Å². The van der Waals surface area contributed by atoms with Gasteiger partial charge in [-0.15, -0.1) is 0 Å². The van der Waals surface area contributed by atoms with Gasteiger partial charge in [0.2, 0.25) is 0 Å². The molecule has 0 radical (unpaired) electrons. The van der Waals surface area contributed by atoms with E-state index in [4.69, 9.17) is 0 Å². The van der Waals surface area contributed by atoms with Crippen molar-refractivity contribution in [1.29, 1.82) is 0 Å². The van der Waals surface area contributed by atoms with Gasteiger partial charge in [0.15, 0.2) is 0 Å². The van der Waals surface area contributed by atoms with E-state index in [0.29, 0.717) is 11.8 Å². The summed E-state index contributed by atoms with van der Waals surface area (Å²) in [6.45, 7) is 3.18. The number of aliphatic hydroxyl groups excluding tert-OH is 1. The van der Waals surface area contributed by atoms with Crippen molar-refractivity contribution in [3.8, 4) is 11.1 Å². The van der Waals surface area contributed by atoms with E-state index in [2.05, 4.69) is 64.6 Å². The summed E-state index contributed by atoms with van der Waals surface area (Å²) in [5.74, 6) is 1.24. The summed E-state index contributed by atoms with van der Waals surface area (Å²) in [6, 6.07) is 21.5. The highest BCUT2D eigenvalue weighted by atomic mass is 16.3. The Kier molecular flexibility index (Phi) is 4.75. The lowest BCUT2D eigenvalue weighted by Gasteiger charge is -2.35. The van der Waals surface area contributed by atoms with E-state index in [-0.39, 0.29) is 12.1 Å². The number of fused-ring (bicyclic) bond motifs is 1. The van der Waals surface area contributed by atoms with Gasteiger partial charge in [-0.2, -0.15) is 5.10 Å². The van der Waals surface area contributed by atoms with Crippen LogP contribution in [0.5, 0.6) is 0 Å². The number of hydrogen-bond acceptors (Lipinski definition) is 3. The van der Waals surface area contributed by atoms with Gasteiger partial charge in [-0.3, -0.25) is 9.58 Å². The minimum Gasteiger partial charge on any atom is -0.391 e. The van der Waals surface area contributed by atoms with Crippen LogP contribution >= 0.6 is 0 Å². The fourth-order valence-electron chi connectivity index (χ4n) is 5.13. The Morgan fingerprint density at radius 3 is 2.46 bits per heavy atom. The number of benzene rings is 2. The molecule has 1 aliphatic carbocycles. The summed E-state index contributed by atoms with van der Waals surface area (Å²) >= 11 is 0. The maximum absolute atomic E-state index is 10.6. The highest BCUT2D eigenvalue weighted by Gasteiger charge is 2.42. The first-order valence-corrected chi connectivity index (χ1v) is 10.3. The SMILES string of the molecule is O[C@@H]1C[C@H]2CN(Cc3cccc(-c4ccccc4)c3)C[C@H]2C[C@H]1n1cccn1. The summed E-state index contributed by atoms with van der Waals surface area (Å²) in [5.41, 5.74) is 3.91. The predicted molar refractivity (Wildman–Crippen MR) is 111 cm³/mol. The van der Waals surface area contributed by atoms with Crippen molar-refractivity contribution in [1.82, 2.24) is 14.7 Å². The van der Waals surface area contributed by atoms with Gasteiger partial charge < -0.3 is 5.11 Å². The summed E-state index contributed by atoms with van der Waals surface area (Å²) in [6.07, 6.45) is 5.40. The molecule has 2 heterocycles. The molecule has 0 bridgehead atoms. The summed E-state index contributed by atoms with van der Waals surface area (Å²) in [4.78, 5) is 2.57. The lowest BCUT2D eigenvalue weighted by molar-refractivity contribution is 0.0306. The van der Waals surface area contributed by atoms with E-state index < -0.39 is 0 Å². The summed E-state index contributed by atoms with van der Waals surface area (Å²) in [5, 5.41) is 15.0. The van der Waals surface area contributed by atoms with Gasteiger partial charge in [0.05, 0.1) is 12.1 Å². The number of aromatic nitrogens is 2. The van der Waals surface area contributed by atoms with Gasteiger partial charge >= 0.3 is 0 Å². The third-order valence-electron chi connectivity index (χ3n) is 6.49. The molecule has 1 N–H and O–H groups in total. The van der Waals surface area contributed by atoms with Gasteiger partial charge in [-0.1, -0.05) is 48.5 Å². The molecule has 1 saturated carbocycles. The largest absolute Gasteiger partial charge is 0.391 e. The monoisotopic (exact) mass is 373 g/mol. The van der Waals surface area contributed by atoms with E-state index in [9.17, 15) is 5.11 Å². The summed E-state index contributed by atoms with van der Waals surface area (Å²) < 4.78 is 1.95. The van der Waals surface area contributed by atoms with Gasteiger partial charge in [-0.05, 0) is 53.5 Å². The smallest absolute Gasteiger partial charge is 0.0781 e. The van der Waals surface area contributed by atoms with Crippen LogP contribution in [0.1, 0.15) is 24.4 Å². The number of hydrogen-bond donors (Lipinski definition) is 1. The van der Waals surface area contributed by atoms with Crippen molar-refractivity contribution in [2.75, 3.05) is 13.1 Å². The van der Waals surface area contributed by atoms with E-state index in [1.807, 2.05) is 16.9 Å². The van der Waals surface area contributed by atoms with Crippen molar-refractivity contribution < 1.29 is 5.11 Å². The highest BCUT2D eigenvalue weighted by molar-refractivity contribution is 5.63. The third kappa shape index (κ3) is 3.50. The Balaban J connectivity index is 1.27. The first-order valence-electron chi connectivity index (χ1n) is 10.3. The normalized spacial score (nSPS) is 27.6. The predicted octanol–water partition coefficient (Wildman–Crippen LogP) is 3.99. The molecule has 4 heteroatoms. The molecule has 2 fully saturated rings. The van der Waals surface area contributed by atoms with E-state index in [1.165, 1.54) is 16.7 Å². The molecule has 1 saturated heterocycles. The molecular formula is C24H27N3O. The fourth-order valence-corrected chi connectivity index (χ4v) is 5.13. The van der Waals surface area contributed by atoms with Crippen LogP contribution < -0.4 is 0 Å². The summed E-state index contributed by atoms with van der Waals surface area (Å²) in [7, 11) is 0. The van der Waals surface area contributed by atoms with Crippen molar-refractivity contribution in [3.05, 3.63) is 78.6 Å². The Bertz CT molecular complexity index is 909. The number of likely N-dealkylation sites (tertiary alicyclic amines) is 1. The maximum Gasteiger partial charge on any atom is 0.0781 e. The molecule has 2 aromatic carbocycles. The van der Waals surface area contributed by atoms with Crippen LogP contribution in [0, 0.1) is 11.8 Å². The van der Waals surface area contributed by atoms with Crippen LogP contribution in [0.2, 0.25) is 0 Å². The third-order valence-corrected chi connectivity index (χ3v) is 6.49. The number of aliphatic hydroxyl groups is 1. The van der Waals surface area contributed by atoms with Crippen molar-refractivity contribution in [2.45, 2.75) is 31.5 Å². The van der Waals surface area contributed by atoms with Gasteiger partial charge in [0.1, 0.15) is 0 Å². The highest BCUT2D eigenvalue weighted by Crippen LogP contribution is 2.41. The van der Waals surface area contributed by atoms with E-state index in [1.54, 1.807) is 6.20 Å². The molecule has 1 aliphatic heterocycles. The Labute approximate surface area is 166 Å². The first kappa shape index (κ1) is 17.7. The van der Waals surface area contributed by atoms with Gasteiger partial charge in [0, 0.05) is 32.0 Å². The van der Waals surface area contributed by atoms with Crippen LogP contribution in [0.3, 0.4) is 0 Å². The maximum atomic E-state index is 10.6. The molecule has 5 rings (SSSR count). The van der Waals surface area contributed by atoms with Crippen molar-refractivity contribution >= 4 is 0 Å². The average molecular weight is 374 g/mol. The molecule has 1 aromatic heterocycles. The first-order chi connectivity index (χ1) is 13.8. The molecule has 28 heavy (non-hydrogen) atoms. The zero-order chi connectivity index (χ0) is 18.9. The molecule has 144 valence electrons. The van der Waals surface area contributed by atoms with E-state index >= 15 is 0 Å². The van der Waals surface area contributed by atoms with E-state index in [0.717, 1.165) is 32.5 Å². The fraction of sp³-hybridized carbons (Fsp3) is 0.375. The quantitative estimate of drug-likeness (QED) is 0.752. The Hall–Kier alpha value is -2.43. The Morgan fingerprint density at radius 2 is 1.68 bits per heavy atom. The zero-order valence-electron chi connectivity index (χ0n) is 16.1. The second kappa shape index (κ2) is 7.53. The average Bonchev–Trinajstić information content (AvgIpc) is 3.37. The molecule has 3 aromatic rings. The molecule has 4 nitrogen and oxygen atoms in total. The van der Waals surface area contributed by atoms with Crippen LogP contribution in [0.15, 0.2) is 73.1 Å². The second-order valence-corrected chi connectivity index (χ2v) is 8.37. The molecule has 2 aliphatic rings. The minimum absolute atomic E-state index is 0.123. The molecule has 4 atom stereocenters. The van der Waals surface area contributed by atoms with Crippen molar-refractivity contribution in [2.24, 2.45) is 11.8 Å². The Morgan fingerprint density at radius 1 is 0.893 bits per heavy atom. The number of rotatable bonds is 4. The number of nitrogens with zero attached hydrogens (tertiary/aromatic N) is 3. The topological polar surface area (TPSA) is 41.3 Å². The molecule has 0 amide bonds. The second-order valence-electron chi connectivity index (χ2n) is 8.37. The van der Waals surface area contributed by atoms with Crippen LogP contribution in [-0.2, 0) is 6.54 Å². The van der Waals surface area contributed by atoms with Crippen LogP contribution in [0.4, 0.5) is 0 Å². The molecular weight excluding hydrogens is 346 g/mol. The van der Waals surface area contributed by atoms with Crippen LogP contribution in [0.25, 0.3) is 11.1 Å². The minimum atomic E-state index is -0.289. The molecule has 0 unspecified atom stereocenters. The lowest BCUT2D eigenvalue weighted by atomic mass is 9.77. The zero-order valence-corrected chi connectivity index (χ0v) is 16.1. The van der Waals surface area contributed by atoms with Gasteiger partial charge in [0.25, 0.3) is 0 Å². The standard InChI is InChI=1S/C24H27N3O/c28-24-14-22-17-26(16-21(22)13-23(24)27-11-5-10-25-27)15-18-6-4-9-20(12-18)19-7-2-1-3-8-19/h1-12,21-24,28H,13-17H2/t21-,22+,23-,24-/m1/s1. The lowest BCUT2D eigenvalue weighted by Crippen LogP contribution is -2.36. The van der Waals surface area contributed by atoms with Gasteiger partial charge in [-0.25, -0.2) is 0 Å². The molecule has 0 spiro atoms. The van der Waals surface area contributed by atoms with Crippen LogP contribution in [-0.4, -0.2) is 39.0 Å².